The Labute approximate surface area is 152 Å². The van der Waals surface area contributed by atoms with Gasteiger partial charge in [-0.05, 0) is 30.2 Å². The highest BCUT2D eigenvalue weighted by Gasteiger charge is 2.30. The number of rotatable bonds is 6. The zero-order valence-corrected chi connectivity index (χ0v) is 15.0. The Morgan fingerprint density at radius 3 is 2.88 bits per heavy atom. The number of hydrogen-bond donors (Lipinski definition) is 2. The molecule has 3 rings (SSSR count). The Morgan fingerprint density at radius 2 is 2.24 bits per heavy atom. The van der Waals surface area contributed by atoms with Crippen molar-refractivity contribution in [3.05, 3.63) is 42.0 Å². The molecule has 0 bridgehead atoms. The van der Waals surface area contributed by atoms with Crippen LogP contribution in [0.25, 0.3) is 0 Å². The number of aliphatic imine (C=N–C) groups is 1. The van der Waals surface area contributed by atoms with Gasteiger partial charge >= 0.3 is 5.97 Å². The van der Waals surface area contributed by atoms with Crippen molar-refractivity contribution in [2.24, 2.45) is 4.99 Å². The van der Waals surface area contributed by atoms with E-state index in [9.17, 15) is 4.79 Å². The fourth-order valence-corrected chi connectivity index (χ4v) is 3.94. The van der Waals surface area contributed by atoms with E-state index < -0.39 is 12.0 Å². The molecule has 0 amide bonds. The molecule has 0 aliphatic carbocycles. The van der Waals surface area contributed by atoms with E-state index in [2.05, 4.69) is 27.4 Å². The van der Waals surface area contributed by atoms with Gasteiger partial charge in [0.1, 0.15) is 24.2 Å². The van der Waals surface area contributed by atoms with Gasteiger partial charge in [-0.3, -0.25) is 15.1 Å². The van der Waals surface area contributed by atoms with Crippen LogP contribution in [0.3, 0.4) is 0 Å². The van der Waals surface area contributed by atoms with Crippen molar-refractivity contribution in [1.82, 2.24) is 10.2 Å². The number of amidine groups is 1. The first-order valence-electron chi connectivity index (χ1n) is 8.39. The number of nitrogens with one attached hydrogen (secondary N) is 1. The van der Waals surface area contributed by atoms with Gasteiger partial charge in [0.25, 0.3) is 0 Å². The highest BCUT2D eigenvalue weighted by atomic mass is 32.2. The number of aliphatic carboxylic acids is 1. The lowest BCUT2D eigenvalue weighted by atomic mass is 10.2. The molecule has 1 aromatic rings. The first-order valence-corrected chi connectivity index (χ1v) is 9.44. The van der Waals surface area contributed by atoms with Crippen LogP contribution in [0.2, 0.25) is 0 Å². The van der Waals surface area contributed by atoms with Crippen LogP contribution < -0.4 is 10.1 Å². The second-order valence-electron chi connectivity index (χ2n) is 6.04. The first kappa shape index (κ1) is 17.8. The van der Waals surface area contributed by atoms with E-state index in [0.717, 1.165) is 36.7 Å². The minimum Gasteiger partial charge on any atom is -0.492 e. The second-order valence-corrected chi connectivity index (χ2v) is 7.18. The van der Waals surface area contributed by atoms with Crippen molar-refractivity contribution in [3.63, 3.8) is 0 Å². The number of nitrogens with zero attached hydrogens (tertiary/aromatic N) is 2. The summed E-state index contributed by atoms with van der Waals surface area (Å²) in [6.45, 7) is 2.21. The molecule has 1 fully saturated rings. The minimum absolute atomic E-state index is 0.0254. The fraction of sp³-hybridized carbons (Fsp3) is 0.444. The molecule has 1 saturated heterocycles. The summed E-state index contributed by atoms with van der Waals surface area (Å²) in [5, 5.41) is 12.2. The van der Waals surface area contributed by atoms with E-state index >= 15 is 0 Å². The molecular formula is C18H23N3O3S. The summed E-state index contributed by atoms with van der Waals surface area (Å²) in [6.07, 6.45) is 5.21. The number of likely N-dealkylation sites (N-methyl/N-ethyl adjacent to an activating group) is 1. The average Bonchev–Trinajstić information content (AvgIpc) is 3.13. The summed E-state index contributed by atoms with van der Waals surface area (Å²) in [5.41, 5.74) is 1.07. The second kappa shape index (κ2) is 8.40. The maximum absolute atomic E-state index is 11.0. The van der Waals surface area contributed by atoms with Gasteiger partial charge in [0, 0.05) is 19.3 Å². The van der Waals surface area contributed by atoms with E-state index in [-0.39, 0.29) is 5.37 Å². The van der Waals surface area contributed by atoms with E-state index in [1.165, 1.54) is 0 Å². The quantitative estimate of drug-likeness (QED) is 0.809. The van der Waals surface area contributed by atoms with Crippen molar-refractivity contribution in [3.8, 4) is 5.75 Å². The van der Waals surface area contributed by atoms with Crippen LogP contribution in [0.15, 0.2) is 41.4 Å². The molecular weight excluding hydrogens is 338 g/mol. The molecule has 0 aromatic heterocycles. The standard InChI is InChI=1S/C18H23N3O3S/c1-21(16-4-2-3-9-19-16)10-11-24-14-7-5-13(6-8-14)17-20-15(12-25-17)18(22)23/h2,4-8,15,17,20H,3,9-12H2,1H3,(H,22,23). The monoisotopic (exact) mass is 361 g/mol. The van der Waals surface area contributed by atoms with Crippen molar-refractivity contribution < 1.29 is 14.6 Å². The summed E-state index contributed by atoms with van der Waals surface area (Å²) in [7, 11) is 2.02. The lowest BCUT2D eigenvalue weighted by Gasteiger charge is -2.21. The number of carboxylic acids is 1. The molecule has 2 aliphatic rings. The third-order valence-corrected chi connectivity index (χ3v) is 5.45. The third-order valence-electron chi connectivity index (χ3n) is 4.19. The number of hydrogen-bond acceptors (Lipinski definition) is 6. The highest BCUT2D eigenvalue weighted by Crippen LogP contribution is 2.33. The predicted molar refractivity (Wildman–Crippen MR) is 100 cm³/mol. The van der Waals surface area contributed by atoms with E-state index in [1.54, 1.807) is 11.8 Å². The molecule has 1 aromatic carbocycles. The number of carbonyl (C=O) groups is 1. The molecule has 2 heterocycles. The zero-order chi connectivity index (χ0) is 17.6. The normalized spacial score (nSPS) is 22.5. The first-order chi connectivity index (χ1) is 12.1. The SMILES string of the molecule is CN(CCOc1ccc(C2NC(C(=O)O)CS2)cc1)C1=NCCC=C1. The molecule has 2 N–H and O–H groups in total. The zero-order valence-electron chi connectivity index (χ0n) is 14.2. The average molecular weight is 361 g/mol. The van der Waals surface area contributed by atoms with E-state index in [0.29, 0.717) is 12.4 Å². The largest absolute Gasteiger partial charge is 0.492 e. The summed E-state index contributed by atoms with van der Waals surface area (Å²) in [4.78, 5) is 17.6. The van der Waals surface area contributed by atoms with Crippen molar-refractivity contribution in [2.45, 2.75) is 17.8 Å². The summed E-state index contributed by atoms with van der Waals surface area (Å²) in [5.74, 6) is 1.61. The summed E-state index contributed by atoms with van der Waals surface area (Å²) in [6, 6.07) is 7.37. The van der Waals surface area contributed by atoms with Crippen LogP contribution in [0.1, 0.15) is 17.4 Å². The number of thioether (sulfide) groups is 1. The Balaban J connectivity index is 1.46. The van der Waals surface area contributed by atoms with Crippen LogP contribution in [0, 0.1) is 0 Å². The van der Waals surface area contributed by atoms with Crippen LogP contribution in [-0.4, -0.2) is 60.4 Å². The maximum Gasteiger partial charge on any atom is 0.321 e. The smallest absolute Gasteiger partial charge is 0.321 e. The number of benzene rings is 1. The van der Waals surface area contributed by atoms with Gasteiger partial charge in [-0.2, -0.15) is 0 Å². The van der Waals surface area contributed by atoms with Gasteiger partial charge in [-0.25, -0.2) is 0 Å². The molecule has 2 unspecified atom stereocenters. The molecule has 7 heteroatoms. The molecule has 6 nitrogen and oxygen atoms in total. The molecule has 0 radical (unpaired) electrons. The predicted octanol–water partition coefficient (Wildman–Crippen LogP) is 2.14. The lowest BCUT2D eigenvalue weighted by Crippen LogP contribution is -2.33. The number of carboxylic acid groups (broad SMARTS) is 1. The summed E-state index contributed by atoms with van der Waals surface area (Å²) < 4.78 is 5.80. The van der Waals surface area contributed by atoms with Gasteiger partial charge in [0.2, 0.25) is 0 Å². The Morgan fingerprint density at radius 1 is 1.44 bits per heavy atom. The van der Waals surface area contributed by atoms with E-state index in [4.69, 9.17) is 9.84 Å². The fourth-order valence-electron chi connectivity index (χ4n) is 2.70. The molecule has 134 valence electrons. The summed E-state index contributed by atoms with van der Waals surface area (Å²) >= 11 is 1.62. The molecule has 2 atom stereocenters. The van der Waals surface area contributed by atoms with Crippen molar-refractivity contribution >= 4 is 23.6 Å². The van der Waals surface area contributed by atoms with Crippen LogP contribution in [0.4, 0.5) is 0 Å². The Bertz CT molecular complexity index is 660. The highest BCUT2D eigenvalue weighted by molar-refractivity contribution is 7.99. The van der Waals surface area contributed by atoms with Gasteiger partial charge < -0.3 is 14.7 Å². The molecule has 25 heavy (non-hydrogen) atoms. The molecule has 0 saturated carbocycles. The molecule has 0 spiro atoms. The van der Waals surface area contributed by atoms with Gasteiger partial charge in [0.05, 0.1) is 11.9 Å². The molecule has 2 aliphatic heterocycles. The topological polar surface area (TPSA) is 74.2 Å². The maximum atomic E-state index is 11.0. The Hall–Kier alpha value is -1.99. The number of dihydropyridines is 1. The third kappa shape index (κ3) is 4.76. The van der Waals surface area contributed by atoms with E-state index in [1.807, 2.05) is 31.3 Å². The van der Waals surface area contributed by atoms with Crippen LogP contribution in [-0.2, 0) is 4.79 Å². The van der Waals surface area contributed by atoms with Crippen LogP contribution in [0.5, 0.6) is 5.75 Å². The Kier molecular flexibility index (Phi) is 5.99. The van der Waals surface area contributed by atoms with Gasteiger partial charge in [-0.15, -0.1) is 11.8 Å². The van der Waals surface area contributed by atoms with Crippen molar-refractivity contribution in [1.29, 1.82) is 0 Å². The lowest BCUT2D eigenvalue weighted by molar-refractivity contribution is -0.138. The van der Waals surface area contributed by atoms with Gasteiger partial charge in [-0.1, -0.05) is 18.2 Å². The van der Waals surface area contributed by atoms with Crippen molar-refractivity contribution in [2.75, 3.05) is 32.5 Å². The van der Waals surface area contributed by atoms with Crippen LogP contribution >= 0.6 is 11.8 Å². The minimum atomic E-state index is -0.795. The number of ether oxygens (including phenoxy) is 1. The van der Waals surface area contributed by atoms with Gasteiger partial charge in [0.15, 0.2) is 0 Å².